The number of aromatic amines is 1. The molecule has 0 aliphatic heterocycles. The summed E-state index contributed by atoms with van der Waals surface area (Å²) in [6.07, 6.45) is -2.20. The van der Waals surface area contributed by atoms with Gasteiger partial charge in [0.1, 0.15) is 42.7 Å². The maximum Gasteiger partial charge on any atom is 0.255 e. The van der Waals surface area contributed by atoms with Crippen molar-refractivity contribution < 1.29 is 34.1 Å². The Morgan fingerprint density at radius 3 is 2.11 bits per heavy atom. The van der Waals surface area contributed by atoms with E-state index < -0.39 is 47.9 Å². The summed E-state index contributed by atoms with van der Waals surface area (Å²) in [5, 5.41) is 32.5. The number of carbonyl (C=O) groups is 3. The number of rotatable bonds is 21. The van der Waals surface area contributed by atoms with Crippen LogP contribution in [0.3, 0.4) is 0 Å². The first-order valence-corrected chi connectivity index (χ1v) is 19.7. The molecule has 0 radical (unpaired) electrons. The van der Waals surface area contributed by atoms with E-state index in [1.165, 1.54) is 0 Å². The molecule has 0 bridgehead atoms. The van der Waals surface area contributed by atoms with Gasteiger partial charge in [0, 0.05) is 0 Å². The zero-order valence-electron chi connectivity index (χ0n) is 33.1. The molecule has 5 aromatic rings. The van der Waals surface area contributed by atoms with Gasteiger partial charge in [-0.15, -0.1) is 0 Å². The molecule has 302 valence electrons. The van der Waals surface area contributed by atoms with Crippen molar-refractivity contribution in [1.29, 1.82) is 0 Å². The quantitative estimate of drug-likeness (QED) is 0.0523. The molecule has 4 aromatic carbocycles. The second-order valence-corrected chi connectivity index (χ2v) is 14.8. The molecule has 12 nitrogen and oxygen atoms in total. The molecule has 1 unspecified atom stereocenters. The lowest BCUT2D eigenvalue weighted by molar-refractivity contribution is -0.137. The van der Waals surface area contributed by atoms with E-state index in [-0.39, 0.29) is 43.6 Å². The molecular formula is C45H55N5O7. The fourth-order valence-corrected chi connectivity index (χ4v) is 6.69. The number of benzene rings is 4. The van der Waals surface area contributed by atoms with Crippen LogP contribution in [0.1, 0.15) is 62.3 Å². The Bertz CT molecular complexity index is 1990. The second kappa shape index (κ2) is 21.0. The van der Waals surface area contributed by atoms with Gasteiger partial charge in [-0.25, -0.2) is 4.98 Å². The van der Waals surface area contributed by atoms with Crippen molar-refractivity contribution in [1.82, 2.24) is 25.9 Å². The van der Waals surface area contributed by atoms with Crippen LogP contribution in [0.25, 0.3) is 11.0 Å². The van der Waals surface area contributed by atoms with Gasteiger partial charge in [0.05, 0.1) is 41.2 Å². The van der Waals surface area contributed by atoms with Crippen LogP contribution >= 0.6 is 0 Å². The molecule has 5 rings (SSSR count). The van der Waals surface area contributed by atoms with Gasteiger partial charge < -0.3 is 40.6 Å². The van der Waals surface area contributed by atoms with Gasteiger partial charge in [-0.2, -0.15) is 0 Å². The van der Waals surface area contributed by atoms with Crippen LogP contribution in [-0.2, 0) is 22.6 Å². The number of fused-ring (bicyclic) bond motifs is 1. The Kier molecular flexibility index (Phi) is 15.6. The van der Waals surface area contributed by atoms with Gasteiger partial charge in [-0.3, -0.25) is 14.4 Å². The van der Waals surface area contributed by atoms with Crippen molar-refractivity contribution in [3.8, 4) is 11.5 Å². The summed E-state index contributed by atoms with van der Waals surface area (Å²) in [6.45, 7) is 8.24. The highest BCUT2D eigenvalue weighted by Gasteiger charge is 2.39. The molecule has 0 aliphatic rings. The fourth-order valence-electron chi connectivity index (χ4n) is 6.69. The Morgan fingerprint density at radius 2 is 1.40 bits per heavy atom. The summed E-state index contributed by atoms with van der Waals surface area (Å²) in [5.74, 6) is -1.32. The van der Waals surface area contributed by atoms with E-state index in [1.807, 2.05) is 113 Å². The number of imidazole rings is 1. The minimum absolute atomic E-state index is 0.00501. The van der Waals surface area contributed by atoms with Gasteiger partial charge in [0.25, 0.3) is 5.91 Å². The zero-order valence-corrected chi connectivity index (χ0v) is 33.1. The molecule has 0 spiro atoms. The van der Waals surface area contributed by atoms with Crippen molar-refractivity contribution in [2.24, 2.45) is 17.8 Å². The number of aliphatic hydroxyl groups is 2. The van der Waals surface area contributed by atoms with E-state index >= 15 is 0 Å². The normalized spacial score (nSPS) is 14.5. The van der Waals surface area contributed by atoms with E-state index in [2.05, 4.69) is 25.9 Å². The van der Waals surface area contributed by atoms with Crippen molar-refractivity contribution in [3.63, 3.8) is 0 Å². The number of para-hydroxylation sites is 4. The SMILES string of the molecule is CCC(C)[C@H](NC(=O)[C@H](Cc1ccccc1)[C@@H](O)[C@H](O)[C@H](CC(C)C)NC(=O)c1ccccc1OCCOc1ccccc1)C(=O)NCc1nc2ccccc2[nH]1. The number of ether oxygens (including phenoxy) is 2. The molecule has 3 amide bonds. The standard InChI is InChI=1S/C45H55N5O7/c1-5-30(4)40(45(55)46-28-39-47-35-21-13-14-22-36(35)48-39)50-44(54)34(27-31-16-8-6-9-17-31)41(51)42(52)37(26-29(2)3)49-43(53)33-20-12-15-23-38(33)57-25-24-56-32-18-10-7-11-19-32/h6-23,29-30,34,37,40-42,51-52H,5,24-28H2,1-4H3,(H,46,55)(H,47,48)(H,49,53)(H,50,54)/t30?,34-,37+,40+,41-,42-/m1/s1. The van der Waals surface area contributed by atoms with Crippen LogP contribution in [-0.4, -0.2) is 75.4 Å². The first kappa shape index (κ1) is 42.4. The number of aromatic nitrogens is 2. The lowest BCUT2D eigenvalue weighted by Gasteiger charge is -2.34. The van der Waals surface area contributed by atoms with Crippen molar-refractivity contribution in [2.75, 3.05) is 13.2 Å². The summed E-state index contributed by atoms with van der Waals surface area (Å²) in [7, 11) is 0. The average Bonchev–Trinajstić information content (AvgIpc) is 3.65. The minimum Gasteiger partial charge on any atom is -0.490 e. The summed E-state index contributed by atoms with van der Waals surface area (Å²) < 4.78 is 11.7. The summed E-state index contributed by atoms with van der Waals surface area (Å²) in [5.41, 5.74) is 2.62. The molecule has 6 atom stereocenters. The number of carbonyl (C=O) groups excluding carboxylic acids is 3. The molecule has 0 fully saturated rings. The third kappa shape index (κ3) is 12.1. The number of nitrogens with zero attached hydrogens (tertiary/aromatic N) is 1. The highest BCUT2D eigenvalue weighted by molar-refractivity contribution is 5.97. The number of nitrogens with one attached hydrogen (secondary N) is 4. The maximum absolute atomic E-state index is 14.3. The van der Waals surface area contributed by atoms with Crippen LogP contribution in [0.5, 0.6) is 11.5 Å². The molecule has 0 saturated carbocycles. The van der Waals surface area contributed by atoms with E-state index in [0.717, 1.165) is 16.6 Å². The first-order valence-electron chi connectivity index (χ1n) is 19.7. The summed E-state index contributed by atoms with van der Waals surface area (Å²) in [4.78, 5) is 49.5. The second-order valence-electron chi connectivity index (χ2n) is 14.8. The number of aliphatic hydroxyl groups excluding tert-OH is 2. The molecule has 1 heterocycles. The van der Waals surface area contributed by atoms with Crippen molar-refractivity contribution in [3.05, 3.63) is 126 Å². The number of hydrogen-bond donors (Lipinski definition) is 6. The third-order valence-corrected chi connectivity index (χ3v) is 10.00. The summed E-state index contributed by atoms with van der Waals surface area (Å²) in [6, 6.07) is 31.0. The molecule has 6 N–H and O–H groups in total. The largest absolute Gasteiger partial charge is 0.490 e. The topological polar surface area (TPSA) is 175 Å². The van der Waals surface area contributed by atoms with E-state index in [9.17, 15) is 24.6 Å². The monoisotopic (exact) mass is 777 g/mol. The Morgan fingerprint density at radius 1 is 0.754 bits per heavy atom. The highest BCUT2D eigenvalue weighted by Crippen LogP contribution is 2.24. The van der Waals surface area contributed by atoms with Gasteiger partial charge >= 0.3 is 0 Å². The lowest BCUT2D eigenvalue weighted by atomic mass is 9.85. The summed E-state index contributed by atoms with van der Waals surface area (Å²) >= 11 is 0. The van der Waals surface area contributed by atoms with Crippen molar-refractivity contribution in [2.45, 2.75) is 77.8 Å². The Balaban J connectivity index is 1.30. The predicted octanol–water partition coefficient (Wildman–Crippen LogP) is 5.59. The average molecular weight is 778 g/mol. The maximum atomic E-state index is 14.3. The van der Waals surface area contributed by atoms with Crippen LogP contribution in [0.4, 0.5) is 0 Å². The zero-order chi connectivity index (χ0) is 40.7. The fraction of sp³-hybridized carbons (Fsp3) is 0.378. The minimum atomic E-state index is -1.62. The molecule has 0 aliphatic carbocycles. The van der Waals surface area contributed by atoms with Gasteiger partial charge in [0.15, 0.2) is 0 Å². The van der Waals surface area contributed by atoms with Crippen LogP contribution in [0.15, 0.2) is 109 Å². The molecule has 57 heavy (non-hydrogen) atoms. The predicted molar refractivity (Wildman–Crippen MR) is 220 cm³/mol. The van der Waals surface area contributed by atoms with Crippen LogP contribution < -0.4 is 25.4 Å². The van der Waals surface area contributed by atoms with Crippen LogP contribution in [0, 0.1) is 17.8 Å². The van der Waals surface area contributed by atoms with Gasteiger partial charge in [-0.1, -0.05) is 107 Å². The van der Waals surface area contributed by atoms with E-state index in [4.69, 9.17) is 9.47 Å². The third-order valence-electron chi connectivity index (χ3n) is 10.00. The van der Waals surface area contributed by atoms with E-state index in [0.29, 0.717) is 30.2 Å². The number of H-pyrrole nitrogens is 1. The van der Waals surface area contributed by atoms with E-state index in [1.54, 1.807) is 24.3 Å². The number of hydrogen-bond acceptors (Lipinski definition) is 8. The number of amides is 3. The van der Waals surface area contributed by atoms with Crippen molar-refractivity contribution >= 4 is 28.8 Å². The van der Waals surface area contributed by atoms with Gasteiger partial charge in [-0.05, 0) is 66.6 Å². The molecule has 1 aromatic heterocycles. The lowest BCUT2D eigenvalue weighted by Crippen LogP contribution is -2.57. The molecule has 12 heteroatoms. The molecule has 0 saturated heterocycles. The van der Waals surface area contributed by atoms with Crippen LogP contribution in [0.2, 0.25) is 0 Å². The van der Waals surface area contributed by atoms with Gasteiger partial charge in [0.2, 0.25) is 11.8 Å². The molecular weight excluding hydrogens is 723 g/mol. The Labute approximate surface area is 334 Å². The first-order chi connectivity index (χ1) is 27.5. The smallest absolute Gasteiger partial charge is 0.255 e. The Hall–Kier alpha value is -5.72. The highest BCUT2D eigenvalue weighted by atomic mass is 16.5.